The molecular formula is C14H23NO2S. The Hall–Kier alpha value is -1.03. The standard InChI is InChI=1S/C14H23NO2S/c1-4-12(2)11-18(16,17)9-8-15-14-7-5-6-13(3)10-14/h5-7,10,12,15H,4,8-9,11H2,1-3H3. The lowest BCUT2D eigenvalue weighted by Crippen LogP contribution is -2.21. The zero-order valence-corrected chi connectivity index (χ0v) is 12.3. The molecule has 0 saturated heterocycles. The molecule has 0 saturated carbocycles. The molecule has 0 amide bonds. The normalized spacial score (nSPS) is 13.3. The number of rotatable bonds is 7. The van der Waals surface area contributed by atoms with Gasteiger partial charge in [0.2, 0.25) is 0 Å². The SMILES string of the molecule is CCC(C)CS(=O)(=O)CCNc1cccc(C)c1. The van der Waals surface area contributed by atoms with E-state index in [0.717, 1.165) is 12.1 Å². The number of hydrogen-bond acceptors (Lipinski definition) is 3. The van der Waals surface area contributed by atoms with Crippen LogP contribution < -0.4 is 5.32 Å². The lowest BCUT2D eigenvalue weighted by Gasteiger charge is -2.11. The first-order valence-corrected chi connectivity index (χ1v) is 8.26. The van der Waals surface area contributed by atoms with E-state index in [1.165, 1.54) is 5.56 Å². The van der Waals surface area contributed by atoms with E-state index in [-0.39, 0.29) is 11.7 Å². The van der Waals surface area contributed by atoms with Crippen LogP contribution in [-0.2, 0) is 9.84 Å². The Bertz CT molecular complexity index is 468. The van der Waals surface area contributed by atoms with Gasteiger partial charge < -0.3 is 5.32 Å². The Morgan fingerprint density at radius 3 is 2.67 bits per heavy atom. The van der Waals surface area contributed by atoms with E-state index in [2.05, 4.69) is 5.32 Å². The fourth-order valence-electron chi connectivity index (χ4n) is 1.74. The maximum atomic E-state index is 11.8. The second kappa shape index (κ2) is 6.78. The van der Waals surface area contributed by atoms with Gasteiger partial charge in [-0.25, -0.2) is 8.42 Å². The number of aryl methyl sites for hydroxylation is 1. The molecule has 0 spiro atoms. The van der Waals surface area contributed by atoms with Gasteiger partial charge in [-0.3, -0.25) is 0 Å². The summed E-state index contributed by atoms with van der Waals surface area (Å²) < 4.78 is 23.6. The average molecular weight is 269 g/mol. The molecule has 102 valence electrons. The first-order valence-electron chi connectivity index (χ1n) is 6.44. The van der Waals surface area contributed by atoms with Crippen LogP contribution in [0.5, 0.6) is 0 Å². The quantitative estimate of drug-likeness (QED) is 0.828. The Balaban J connectivity index is 2.42. The Morgan fingerprint density at radius 2 is 2.06 bits per heavy atom. The highest BCUT2D eigenvalue weighted by Crippen LogP contribution is 2.10. The van der Waals surface area contributed by atoms with Crippen LogP contribution in [0.4, 0.5) is 5.69 Å². The lowest BCUT2D eigenvalue weighted by atomic mass is 10.2. The van der Waals surface area contributed by atoms with Gasteiger partial charge in [0.05, 0.1) is 11.5 Å². The van der Waals surface area contributed by atoms with E-state index in [4.69, 9.17) is 0 Å². The predicted octanol–water partition coefficient (Wildman–Crippen LogP) is 2.87. The minimum Gasteiger partial charge on any atom is -0.384 e. The van der Waals surface area contributed by atoms with E-state index in [0.29, 0.717) is 12.3 Å². The second-order valence-corrected chi connectivity index (χ2v) is 7.15. The number of benzene rings is 1. The Morgan fingerprint density at radius 1 is 1.33 bits per heavy atom. The van der Waals surface area contributed by atoms with E-state index in [1.54, 1.807) is 0 Å². The van der Waals surface area contributed by atoms with Crippen molar-refractivity contribution >= 4 is 15.5 Å². The lowest BCUT2D eigenvalue weighted by molar-refractivity contribution is 0.564. The number of anilines is 1. The maximum absolute atomic E-state index is 11.8. The zero-order chi connectivity index (χ0) is 13.6. The molecule has 0 aliphatic rings. The summed E-state index contributed by atoms with van der Waals surface area (Å²) in [5, 5.41) is 3.15. The van der Waals surface area contributed by atoms with Crippen molar-refractivity contribution in [3.8, 4) is 0 Å². The van der Waals surface area contributed by atoms with Crippen molar-refractivity contribution in [3.63, 3.8) is 0 Å². The monoisotopic (exact) mass is 269 g/mol. The van der Waals surface area contributed by atoms with Crippen molar-refractivity contribution in [2.45, 2.75) is 27.2 Å². The number of sulfone groups is 1. The van der Waals surface area contributed by atoms with Crippen molar-refractivity contribution in [1.82, 2.24) is 0 Å². The van der Waals surface area contributed by atoms with Crippen molar-refractivity contribution < 1.29 is 8.42 Å². The molecule has 0 aliphatic heterocycles. The molecule has 1 N–H and O–H groups in total. The summed E-state index contributed by atoms with van der Waals surface area (Å²) in [5.41, 5.74) is 2.15. The second-order valence-electron chi connectivity index (χ2n) is 4.92. The van der Waals surface area contributed by atoms with Gasteiger partial charge in [-0.2, -0.15) is 0 Å². The molecule has 18 heavy (non-hydrogen) atoms. The van der Waals surface area contributed by atoms with E-state index in [1.807, 2.05) is 45.0 Å². The van der Waals surface area contributed by atoms with Crippen molar-refractivity contribution in [2.75, 3.05) is 23.4 Å². The molecule has 1 atom stereocenters. The molecule has 1 aromatic carbocycles. The van der Waals surface area contributed by atoms with Gasteiger partial charge in [0.1, 0.15) is 0 Å². The molecule has 1 aromatic rings. The van der Waals surface area contributed by atoms with Crippen LogP contribution in [0.1, 0.15) is 25.8 Å². The third kappa shape index (κ3) is 5.54. The fourth-order valence-corrected chi connectivity index (χ4v) is 3.42. The van der Waals surface area contributed by atoms with Gasteiger partial charge in [0, 0.05) is 12.2 Å². The van der Waals surface area contributed by atoms with Crippen LogP contribution in [0.2, 0.25) is 0 Å². The first-order chi connectivity index (χ1) is 8.43. The summed E-state index contributed by atoms with van der Waals surface area (Å²) >= 11 is 0. The summed E-state index contributed by atoms with van der Waals surface area (Å²) in [6.45, 7) is 6.49. The molecule has 0 radical (unpaired) electrons. The van der Waals surface area contributed by atoms with Gasteiger partial charge >= 0.3 is 0 Å². The van der Waals surface area contributed by atoms with Crippen LogP contribution in [0.3, 0.4) is 0 Å². The van der Waals surface area contributed by atoms with Gasteiger partial charge in [-0.1, -0.05) is 32.4 Å². The van der Waals surface area contributed by atoms with E-state index >= 15 is 0 Å². The minimum atomic E-state index is -2.94. The van der Waals surface area contributed by atoms with Crippen molar-refractivity contribution in [3.05, 3.63) is 29.8 Å². The van der Waals surface area contributed by atoms with Crippen LogP contribution >= 0.6 is 0 Å². The van der Waals surface area contributed by atoms with Crippen LogP contribution in [-0.4, -0.2) is 26.5 Å². The summed E-state index contributed by atoms with van der Waals surface area (Å²) in [5.74, 6) is 0.735. The van der Waals surface area contributed by atoms with Crippen molar-refractivity contribution in [1.29, 1.82) is 0 Å². The van der Waals surface area contributed by atoms with Gasteiger partial charge in [-0.05, 0) is 30.5 Å². The molecule has 1 rings (SSSR count). The third-order valence-electron chi connectivity index (χ3n) is 3.00. The summed E-state index contributed by atoms with van der Waals surface area (Å²) in [4.78, 5) is 0. The molecule has 3 nitrogen and oxygen atoms in total. The smallest absolute Gasteiger partial charge is 0.152 e. The highest BCUT2D eigenvalue weighted by molar-refractivity contribution is 7.91. The summed E-state index contributed by atoms with van der Waals surface area (Å²) in [6, 6.07) is 7.95. The summed E-state index contributed by atoms with van der Waals surface area (Å²) in [6.07, 6.45) is 0.907. The first kappa shape index (κ1) is 15.0. The fraction of sp³-hybridized carbons (Fsp3) is 0.571. The number of hydrogen-bond donors (Lipinski definition) is 1. The maximum Gasteiger partial charge on any atom is 0.152 e. The molecule has 1 unspecified atom stereocenters. The zero-order valence-electron chi connectivity index (χ0n) is 11.4. The van der Waals surface area contributed by atoms with Crippen LogP contribution in [0.25, 0.3) is 0 Å². The van der Waals surface area contributed by atoms with Crippen LogP contribution in [0, 0.1) is 12.8 Å². The molecular weight excluding hydrogens is 246 g/mol. The molecule has 0 aliphatic carbocycles. The Labute approximate surface area is 111 Å². The van der Waals surface area contributed by atoms with Gasteiger partial charge in [0.15, 0.2) is 9.84 Å². The molecule has 0 aromatic heterocycles. The van der Waals surface area contributed by atoms with E-state index in [9.17, 15) is 8.42 Å². The third-order valence-corrected chi connectivity index (χ3v) is 4.90. The largest absolute Gasteiger partial charge is 0.384 e. The van der Waals surface area contributed by atoms with Crippen LogP contribution in [0.15, 0.2) is 24.3 Å². The number of nitrogens with one attached hydrogen (secondary N) is 1. The predicted molar refractivity (Wildman–Crippen MR) is 77.8 cm³/mol. The summed E-state index contributed by atoms with van der Waals surface area (Å²) in [7, 11) is -2.94. The molecule has 4 heteroatoms. The highest BCUT2D eigenvalue weighted by Gasteiger charge is 2.14. The molecule has 0 bridgehead atoms. The minimum absolute atomic E-state index is 0.200. The topological polar surface area (TPSA) is 46.2 Å². The van der Waals surface area contributed by atoms with Gasteiger partial charge in [0.25, 0.3) is 0 Å². The Kier molecular flexibility index (Phi) is 5.66. The molecule has 0 heterocycles. The highest BCUT2D eigenvalue weighted by atomic mass is 32.2. The van der Waals surface area contributed by atoms with Crippen molar-refractivity contribution in [2.24, 2.45) is 5.92 Å². The van der Waals surface area contributed by atoms with E-state index < -0.39 is 9.84 Å². The average Bonchev–Trinajstić information content (AvgIpc) is 2.28. The van der Waals surface area contributed by atoms with Gasteiger partial charge in [-0.15, -0.1) is 0 Å². The molecule has 0 fully saturated rings.